The predicted molar refractivity (Wildman–Crippen MR) is 326 cm³/mol. The molecule has 2 aromatic heterocycles. The van der Waals surface area contributed by atoms with E-state index < -0.39 is 0 Å². The van der Waals surface area contributed by atoms with Crippen molar-refractivity contribution in [3.63, 3.8) is 0 Å². The first-order chi connectivity index (χ1) is 38.0. The van der Waals surface area contributed by atoms with Crippen LogP contribution in [0, 0.1) is 0 Å². The van der Waals surface area contributed by atoms with E-state index in [2.05, 4.69) is 266 Å². The van der Waals surface area contributed by atoms with Crippen LogP contribution < -0.4 is 0 Å². The van der Waals surface area contributed by atoms with E-state index in [4.69, 9.17) is 0 Å². The first kappa shape index (κ1) is 42.8. The maximum atomic E-state index is 2.65. The van der Waals surface area contributed by atoms with Gasteiger partial charge in [0, 0.05) is 32.7 Å². The summed E-state index contributed by atoms with van der Waals surface area (Å²) in [4.78, 5) is 0. The van der Waals surface area contributed by atoms with Crippen LogP contribution >= 0.6 is 0 Å². The molecule has 360 valence electrons. The van der Waals surface area contributed by atoms with E-state index in [-0.39, 0.29) is 5.41 Å². The van der Waals surface area contributed by atoms with Crippen molar-refractivity contribution >= 4 is 76.5 Å². The normalized spacial score (nSPS) is 14.1. The van der Waals surface area contributed by atoms with Crippen molar-refractivity contribution in [2.24, 2.45) is 0 Å². The van der Waals surface area contributed by atoms with Crippen molar-refractivity contribution < 1.29 is 0 Å². The zero-order valence-corrected chi connectivity index (χ0v) is 42.9. The van der Waals surface area contributed by atoms with Crippen molar-refractivity contribution in [2.45, 2.75) is 32.1 Å². The average molecular weight is 979 g/mol. The van der Waals surface area contributed by atoms with Gasteiger partial charge in [-0.15, -0.1) is 0 Å². The van der Waals surface area contributed by atoms with Crippen LogP contribution in [0.2, 0.25) is 0 Å². The standard InChI is InChI=1S/C75H50N2/c1-75(2)61-43-65-59(71(45-17-7-3-8-18-45)73(53-21-11-5-12-22-53)76(65)63-39-35-51-31-29-47-25-15-27-49-33-37-55(63)69(51)67(47)49)41-57(61)58-42-60-66(44-62(58)75)77(74(54-23-13-6-14-24-54)72(60)46-19-9-4-10-20-46)64-40-36-52-32-30-48-26-16-28-50-34-38-56(64)70(52)68(48)50/h3-27,29-37,39-44H,28,38H2,1-2H3. The average Bonchev–Trinajstić information content (AvgIpc) is 4.30. The molecule has 12 aromatic carbocycles. The van der Waals surface area contributed by atoms with Gasteiger partial charge < -0.3 is 9.13 Å². The molecule has 0 aliphatic heterocycles. The Balaban J connectivity index is 0.993. The van der Waals surface area contributed by atoms with Crippen LogP contribution in [0.5, 0.6) is 0 Å². The fourth-order valence-corrected chi connectivity index (χ4v) is 14.5. The molecule has 3 aliphatic rings. The lowest BCUT2D eigenvalue weighted by molar-refractivity contribution is 0.661. The van der Waals surface area contributed by atoms with Crippen molar-refractivity contribution in [3.05, 3.63) is 264 Å². The Morgan fingerprint density at radius 3 is 1.44 bits per heavy atom. The smallest absolute Gasteiger partial charge is 0.0619 e. The Morgan fingerprint density at radius 1 is 0.377 bits per heavy atom. The molecule has 0 N–H and O–H groups in total. The van der Waals surface area contributed by atoms with Crippen LogP contribution in [-0.2, 0) is 11.8 Å². The van der Waals surface area contributed by atoms with Crippen LogP contribution in [0.1, 0.15) is 48.1 Å². The zero-order valence-electron chi connectivity index (χ0n) is 42.9. The fourth-order valence-electron chi connectivity index (χ4n) is 14.5. The number of benzene rings is 12. The maximum absolute atomic E-state index is 2.65. The fraction of sp³-hybridized carbons (Fsp3) is 0.0667. The third-order valence-electron chi connectivity index (χ3n) is 17.9. The molecule has 0 saturated heterocycles. The molecule has 0 amide bonds. The number of rotatable bonds is 6. The van der Waals surface area contributed by atoms with Crippen molar-refractivity contribution in [1.82, 2.24) is 9.13 Å². The lowest BCUT2D eigenvalue weighted by atomic mass is 9.81. The van der Waals surface area contributed by atoms with E-state index in [0.29, 0.717) is 0 Å². The predicted octanol–water partition coefficient (Wildman–Crippen LogP) is 20.0. The highest BCUT2D eigenvalue weighted by Crippen LogP contribution is 2.57. The molecule has 0 radical (unpaired) electrons. The Morgan fingerprint density at radius 2 is 0.857 bits per heavy atom. The van der Waals surface area contributed by atoms with E-state index in [9.17, 15) is 0 Å². The molecule has 0 unspecified atom stereocenters. The summed E-state index contributed by atoms with van der Waals surface area (Å²) in [7, 11) is 0. The highest BCUT2D eigenvalue weighted by Gasteiger charge is 2.39. The molecule has 0 saturated carbocycles. The monoisotopic (exact) mass is 978 g/mol. The van der Waals surface area contributed by atoms with Crippen LogP contribution in [0.4, 0.5) is 0 Å². The second-order valence-electron chi connectivity index (χ2n) is 22.2. The quantitative estimate of drug-likeness (QED) is 0.147. The van der Waals surface area contributed by atoms with Gasteiger partial charge >= 0.3 is 0 Å². The third kappa shape index (κ3) is 5.90. The highest BCUT2D eigenvalue weighted by molar-refractivity contribution is 6.25. The molecule has 2 nitrogen and oxygen atoms in total. The summed E-state index contributed by atoms with van der Waals surface area (Å²) >= 11 is 0. The summed E-state index contributed by atoms with van der Waals surface area (Å²) in [5, 5.41) is 12.9. The van der Waals surface area contributed by atoms with Gasteiger partial charge in [0.1, 0.15) is 0 Å². The largest absolute Gasteiger partial charge is 0.308 e. The van der Waals surface area contributed by atoms with Crippen LogP contribution in [0.25, 0.3) is 144 Å². The second-order valence-corrected chi connectivity index (χ2v) is 22.2. The van der Waals surface area contributed by atoms with E-state index in [0.717, 1.165) is 12.8 Å². The first-order valence-electron chi connectivity index (χ1n) is 27.3. The molecular formula is C75H50N2. The Bertz CT molecular complexity index is 4880. The number of fused-ring (bicyclic) bond motifs is 5. The topological polar surface area (TPSA) is 9.86 Å². The number of allylic oxidation sites excluding steroid dienone is 3. The van der Waals surface area contributed by atoms with Gasteiger partial charge in [-0.05, 0) is 154 Å². The lowest BCUT2D eigenvalue weighted by Crippen LogP contribution is -2.15. The molecule has 0 spiro atoms. The van der Waals surface area contributed by atoms with Gasteiger partial charge in [0.15, 0.2) is 0 Å². The SMILES string of the molecule is CC1(C)c2cc3c(cc2-c2cc4c(-c5ccccc5)c(-c5ccccc5)n(-c5ccc6ccc7cccc8ccc5c6c78)c4cc21)c(-c1ccccc1)c(-c1ccccc1)n3-c1ccc2ccc3c4c2c1CC=C4CC=C3. The highest BCUT2D eigenvalue weighted by atomic mass is 15.0. The second kappa shape index (κ2) is 15.8. The van der Waals surface area contributed by atoms with E-state index in [1.165, 1.54) is 166 Å². The molecule has 17 rings (SSSR count). The number of aromatic nitrogens is 2. The molecule has 77 heavy (non-hydrogen) atoms. The Kier molecular flexibility index (Phi) is 8.77. The van der Waals surface area contributed by atoms with E-state index in [1.54, 1.807) is 0 Å². The minimum atomic E-state index is -0.347. The molecule has 3 aliphatic carbocycles. The van der Waals surface area contributed by atoms with Crippen LogP contribution in [0.3, 0.4) is 0 Å². The van der Waals surface area contributed by atoms with Gasteiger partial charge in [-0.1, -0.05) is 220 Å². The summed E-state index contributed by atoms with van der Waals surface area (Å²) in [6, 6.07) is 84.9. The number of hydrogen-bond acceptors (Lipinski definition) is 0. The summed E-state index contributed by atoms with van der Waals surface area (Å²) in [5.74, 6) is 0. The van der Waals surface area contributed by atoms with Crippen molar-refractivity contribution in [3.8, 4) is 67.3 Å². The maximum Gasteiger partial charge on any atom is 0.0619 e. The minimum Gasteiger partial charge on any atom is -0.308 e. The molecule has 2 heteroatoms. The summed E-state index contributed by atoms with van der Waals surface area (Å²) < 4.78 is 5.26. The summed E-state index contributed by atoms with van der Waals surface area (Å²) in [6.45, 7) is 4.93. The molecule has 0 fully saturated rings. The van der Waals surface area contributed by atoms with Gasteiger partial charge in [0.2, 0.25) is 0 Å². The van der Waals surface area contributed by atoms with Crippen LogP contribution in [-0.4, -0.2) is 9.13 Å². The minimum absolute atomic E-state index is 0.347. The van der Waals surface area contributed by atoms with Crippen LogP contribution in [0.15, 0.2) is 237 Å². The van der Waals surface area contributed by atoms with E-state index in [1.807, 2.05) is 0 Å². The first-order valence-corrected chi connectivity index (χ1v) is 27.3. The number of hydrogen-bond donors (Lipinski definition) is 0. The van der Waals surface area contributed by atoms with Gasteiger partial charge in [-0.25, -0.2) is 0 Å². The Hall–Kier alpha value is -9.50. The molecule has 0 atom stereocenters. The summed E-state index contributed by atoms with van der Waals surface area (Å²) in [6.07, 6.45) is 9.02. The van der Waals surface area contributed by atoms with Crippen molar-refractivity contribution in [2.75, 3.05) is 0 Å². The summed E-state index contributed by atoms with van der Waals surface area (Å²) in [5.41, 5.74) is 25.2. The van der Waals surface area contributed by atoms with Crippen molar-refractivity contribution in [1.29, 1.82) is 0 Å². The van der Waals surface area contributed by atoms with Gasteiger partial charge in [0.25, 0.3) is 0 Å². The van der Waals surface area contributed by atoms with Gasteiger partial charge in [0.05, 0.1) is 33.8 Å². The Labute approximate surface area is 447 Å². The third-order valence-corrected chi connectivity index (χ3v) is 17.9. The van der Waals surface area contributed by atoms with Gasteiger partial charge in [-0.2, -0.15) is 0 Å². The number of nitrogens with zero attached hydrogens (tertiary/aromatic N) is 2. The molecule has 2 heterocycles. The molecule has 0 bridgehead atoms. The van der Waals surface area contributed by atoms with E-state index >= 15 is 0 Å². The zero-order chi connectivity index (χ0) is 50.7. The lowest BCUT2D eigenvalue weighted by Gasteiger charge is -2.26. The molecular weight excluding hydrogens is 929 g/mol. The molecule has 14 aromatic rings. The van der Waals surface area contributed by atoms with Gasteiger partial charge in [-0.3, -0.25) is 0 Å².